The molecule has 0 radical (unpaired) electrons. The van der Waals surface area contributed by atoms with Gasteiger partial charge in [0.1, 0.15) is 0 Å². The number of urea groups is 1. The highest BCUT2D eigenvalue weighted by Gasteiger charge is 2.22. The fraction of sp³-hybridized carbons (Fsp3) is 0.524. The van der Waals surface area contributed by atoms with Gasteiger partial charge < -0.3 is 19.9 Å². The smallest absolute Gasteiger partial charge is 0.340 e. The van der Waals surface area contributed by atoms with Crippen molar-refractivity contribution in [3.8, 4) is 11.5 Å². The molecule has 2 amide bonds. The van der Waals surface area contributed by atoms with E-state index < -0.39 is 12.0 Å². The number of carboxylic acids is 1. The predicted octanol–water partition coefficient (Wildman–Crippen LogP) is 4.30. The second-order valence-corrected chi connectivity index (χ2v) is 7.46. The van der Waals surface area contributed by atoms with Crippen LogP contribution in [0.25, 0.3) is 6.08 Å². The molecule has 1 aromatic rings. The predicted molar refractivity (Wildman–Crippen MR) is 119 cm³/mol. The Balaban J connectivity index is 0.000000311. The minimum Gasteiger partial charge on any atom is -0.493 e. The van der Waals surface area contributed by atoms with E-state index in [-0.39, 0.29) is 18.5 Å². The maximum Gasteiger partial charge on any atom is 0.340 e. The Bertz CT molecular complexity index is 751. The van der Waals surface area contributed by atoms with Gasteiger partial charge in [-0.25, -0.2) is 9.59 Å². The molecule has 0 bridgehead atoms. The molecule has 0 aliphatic heterocycles. The van der Waals surface area contributed by atoms with Gasteiger partial charge >= 0.3 is 12.0 Å². The van der Waals surface area contributed by atoms with E-state index in [1.165, 1.54) is 13.2 Å². The largest absolute Gasteiger partial charge is 0.493 e. The van der Waals surface area contributed by atoms with Crippen LogP contribution in [0.5, 0.6) is 11.5 Å². The van der Waals surface area contributed by atoms with Crippen molar-refractivity contribution >= 4 is 29.7 Å². The number of nitrogens with zero attached hydrogens (tertiary/aromatic N) is 2. The number of carboxylic acid groups (broad SMARTS) is 1. The third-order valence-electron chi connectivity index (χ3n) is 4.80. The summed E-state index contributed by atoms with van der Waals surface area (Å²) in [6.07, 6.45) is 6.75. The molecule has 2 N–H and O–H groups in total. The highest BCUT2D eigenvalue weighted by molar-refractivity contribution is 6.18. The first-order valence-electron chi connectivity index (χ1n) is 9.94. The zero-order valence-electron chi connectivity index (χ0n) is 18.0. The molecular weight excluding hydrogens is 426 g/mol. The number of halogens is 1. The summed E-state index contributed by atoms with van der Waals surface area (Å²) in [5.41, 5.74) is 0.745. The quantitative estimate of drug-likeness (QED) is 0.261. The summed E-state index contributed by atoms with van der Waals surface area (Å²) in [6, 6.07) is 4.91. The van der Waals surface area contributed by atoms with E-state index in [9.17, 15) is 14.5 Å². The molecule has 0 spiro atoms. The molecule has 1 aliphatic carbocycles. The number of ether oxygens (including phenoxy) is 2. The van der Waals surface area contributed by atoms with Crippen molar-refractivity contribution in [2.75, 3.05) is 26.6 Å². The van der Waals surface area contributed by atoms with Crippen LogP contribution >= 0.6 is 11.6 Å². The van der Waals surface area contributed by atoms with E-state index >= 15 is 0 Å². The third kappa shape index (κ3) is 9.69. The summed E-state index contributed by atoms with van der Waals surface area (Å²) in [7, 11) is 3.08. The number of hydrogen-bond acceptors (Lipinski definition) is 6. The van der Waals surface area contributed by atoms with Crippen molar-refractivity contribution < 1.29 is 24.2 Å². The van der Waals surface area contributed by atoms with Crippen molar-refractivity contribution in [2.45, 2.75) is 38.6 Å². The highest BCUT2D eigenvalue weighted by Crippen LogP contribution is 2.28. The van der Waals surface area contributed by atoms with Crippen LogP contribution < -0.4 is 14.8 Å². The Kier molecular flexibility index (Phi) is 12.0. The number of rotatable bonds is 8. The van der Waals surface area contributed by atoms with Crippen LogP contribution in [0.2, 0.25) is 0 Å². The molecule has 10 heteroatoms. The van der Waals surface area contributed by atoms with Gasteiger partial charge in [0.25, 0.3) is 0 Å². The Hall–Kier alpha value is -2.81. The van der Waals surface area contributed by atoms with Crippen LogP contribution in [0.3, 0.4) is 0 Å². The molecule has 1 fully saturated rings. The van der Waals surface area contributed by atoms with Gasteiger partial charge in [-0.15, -0.1) is 16.5 Å². The number of carbonyl (C=O) groups excluding carboxylic acids is 1. The van der Waals surface area contributed by atoms with Crippen molar-refractivity contribution in [3.63, 3.8) is 0 Å². The number of nitrogens with one attached hydrogen (secondary N) is 1. The Labute approximate surface area is 187 Å². The van der Waals surface area contributed by atoms with E-state index in [0.29, 0.717) is 11.5 Å². The highest BCUT2D eigenvalue weighted by atomic mass is 35.5. The van der Waals surface area contributed by atoms with E-state index in [4.69, 9.17) is 26.2 Å². The lowest BCUT2D eigenvalue weighted by Gasteiger charge is -2.27. The number of methoxy groups -OCH3 is 2. The summed E-state index contributed by atoms with van der Waals surface area (Å²) in [5.74, 6) is 1.15. The molecule has 1 saturated carbocycles. The van der Waals surface area contributed by atoms with Crippen molar-refractivity contribution in [2.24, 2.45) is 11.2 Å². The minimum absolute atomic E-state index is 0.153. The molecule has 0 unspecified atom stereocenters. The number of nitroso groups, excluding NO2 is 1. The summed E-state index contributed by atoms with van der Waals surface area (Å²) in [4.78, 5) is 32.3. The topological polar surface area (TPSA) is 118 Å². The van der Waals surface area contributed by atoms with Gasteiger partial charge in [0.15, 0.2) is 11.5 Å². The average molecular weight is 456 g/mol. The van der Waals surface area contributed by atoms with Gasteiger partial charge in [-0.05, 0) is 55.4 Å². The van der Waals surface area contributed by atoms with Crippen molar-refractivity contribution in [1.29, 1.82) is 0 Å². The lowest BCUT2D eigenvalue weighted by Crippen LogP contribution is -2.44. The number of aliphatic carboxylic acids is 1. The van der Waals surface area contributed by atoms with Crippen LogP contribution in [0.4, 0.5) is 4.79 Å². The van der Waals surface area contributed by atoms with Gasteiger partial charge in [0.2, 0.25) is 0 Å². The standard InChI is InChI=1S/C11H12O4.C10H18ClN3O2/c1-14-9-5-3-8(4-6-11(12)13)7-10(9)15-2;1-8-2-4-9(5-3-8)12-10(15)14(13-16)7-6-11/h3-7H,1-2H3,(H,12,13);8-9H,2-7H2,1H3,(H,12,15). The fourth-order valence-electron chi connectivity index (χ4n) is 3.04. The maximum absolute atomic E-state index is 11.6. The van der Waals surface area contributed by atoms with Crippen molar-refractivity contribution in [1.82, 2.24) is 10.3 Å². The van der Waals surface area contributed by atoms with Crippen LogP contribution in [-0.4, -0.2) is 54.8 Å². The molecule has 172 valence electrons. The van der Waals surface area contributed by atoms with Crippen LogP contribution in [-0.2, 0) is 4.79 Å². The van der Waals surface area contributed by atoms with E-state index in [1.54, 1.807) is 25.3 Å². The van der Waals surface area contributed by atoms with E-state index in [2.05, 4.69) is 17.5 Å². The van der Waals surface area contributed by atoms with Gasteiger partial charge in [-0.3, -0.25) is 0 Å². The first-order chi connectivity index (χ1) is 14.8. The van der Waals surface area contributed by atoms with Crippen LogP contribution in [0, 0.1) is 10.8 Å². The zero-order valence-corrected chi connectivity index (χ0v) is 18.8. The molecule has 2 rings (SSSR count). The minimum atomic E-state index is -0.982. The molecule has 0 saturated heterocycles. The fourth-order valence-corrected chi connectivity index (χ4v) is 3.20. The number of amides is 2. The molecular formula is C21H30ClN3O6. The lowest BCUT2D eigenvalue weighted by atomic mass is 9.87. The molecule has 0 heterocycles. The molecule has 31 heavy (non-hydrogen) atoms. The molecule has 1 aromatic carbocycles. The second-order valence-electron chi connectivity index (χ2n) is 7.09. The normalized spacial score (nSPS) is 17.8. The summed E-state index contributed by atoms with van der Waals surface area (Å²) in [5, 5.41) is 14.8. The SMILES string of the molecule is CC1CCC(NC(=O)N(CCCl)N=O)CC1.COc1ccc(C=CC(=O)O)cc1OC. The number of alkyl halides is 1. The zero-order chi connectivity index (χ0) is 23.2. The van der Waals surface area contributed by atoms with E-state index in [0.717, 1.165) is 48.2 Å². The van der Waals surface area contributed by atoms with Crippen molar-refractivity contribution in [3.05, 3.63) is 34.7 Å². The van der Waals surface area contributed by atoms with Crippen LogP contribution in [0.1, 0.15) is 38.2 Å². The number of carbonyl (C=O) groups is 2. The Morgan fingerprint density at radius 2 is 1.87 bits per heavy atom. The third-order valence-corrected chi connectivity index (χ3v) is 4.97. The average Bonchev–Trinajstić information content (AvgIpc) is 2.77. The monoisotopic (exact) mass is 455 g/mol. The molecule has 0 aromatic heterocycles. The molecule has 9 nitrogen and oxygen atoms in total. The van der Waals surface area contributed by atoms with Crippen LogP contribution in [0.15, 0.2) is 29.6 Å². The van der Waals surface area contributed by atoms with Gasteiger partial charge in [-0.1, -0.05) is 13.0 Å². The summed E-state index contributed by atoms with van der Waals surface area (Å²) < 4.78 is 10.1. The van der Waals surface area contributed by atoms with Gasteiger partial charge in [0, 0.05) is 18.0 Å². The summed E-state index contributed by atoms with van der Waals surface area (Å²) in [6.45, 7) is 2.37. The Morgan fingerprint density at radius 3 is 2.39 bits per heavy atom. The first-order valence-corrected chi connectivity index (χ1v) is 10.5. The lowest BCUT2D eigenvalue weighted by molar-refractivity contribution is -0.131. The second kappa shape index (κ2) is 14.2. The maximum atomic E-state index is 11.6. The molecule has 0 atom stereocenters. The Morgan fingerprint density at radius 1 is 1.23 bits per heavy atom. The van der Waals surface area contributed by atoms with Gasteiger partial charge in [0.05, 0.1) is 26.1 Å². The van der Waals surface area contributed by atoms with Gasteiger partial charge in [-0.2, -0.15) is 5.01 Å². The van der Waals surface area contributed by atoms with E-state index in [1.807, 2.05) is 0 Å². The number of hydrogen-bond donors (Lipinski definition) is 2. The number of benzene rings is 1. The first kappa shape index (κ1) is 26.2. The summed E-state index contributed by atoms with van der Waals surface area (Å²) >= 11 is 5.46. The molecule has 1 aliphatic rings.